The molecule has 0 radical (unpaired) electrons. The number of nitro benzene ring substituents is 1. The van der Waals surface area contributed by atoms with Gasteiger partial charge in [-0.1, -0.05) is 42.6 Å². The summed E-state index contributed by atoms with van der Waals surface area (Å²) in [6.45, 7) is 2.27. The molecule has 0 aliphatic heterocycles. The Morgan fingerprint density at radius 2 is 1.78 bits per heavy atom. The topological polar surface area (TPSA) is 148 Å². The Balaban J connectivity index is 1.79. The zero-order valence-corrected chi connectivity index (χ0v) is 27.6. The number of amides is 2. The molecule has 14 heteroatoms. The first-order valence-electron chi connectivity index (χ1n) is 14.7. The van der Waals surface area contributed by atoms with E-state index in [2.05, 4.69) is 5.32 Å². The van der Waals surface area contributed by atoms with Crippen LogP contribution in [0.15, 0.2) is 65.6 Å². The van der Waals surface area contributed by atoms with Gasteiger partial charge in [-0.25, -0.2) is 8.42 Å². The molecule has 0 unspecified atom stereocenters. The van der Waals surface area contributed by atoms with Crippen LogP contribution in [0.1, 0.15) is 43.7 Å². The quantitative estimate of drug-likeness (QED) is 0.191. The maximum absolute atomic E-state index is 14.3. The Kier molecular flexibility index (Phi) is 11.1. The monoisotopic (exact) mass is 672 g/mol. The van der Waals surface area contributed by atoms with E-state index in [4.69, 9.17) is 21.1 Å². The number of sulfonamides is 1. The number of hydrogen-bond acceptors (Lipinski definition) is 8. The van der Waals surface area contributed by atoms with Crippen molar-refractivity contribution in [2.24, 2.45) is 0 Å². The molecule has 0 saturated heterocycles. The van der Waals surface area contributed by atoms with Gasteiger partial charge in [0.15, 0.2) is 0 Å². The minimum Gasteiger partial charge on any atom is -0.497 e. The van der Waals surface area contributed by atoms with Gasteiger partial charge in [0, 0.05) is 29.2 Å². The summed E-state index contributed by atoms with van der Waals surface area (Å²) in [5.74, 6) is -0.438. The summed E-state index contributed by atoms with van der Waals surface area (Å²) in [7, 11) is -1.79. The van der Waals surface area contributed by atoms with Gasteiger partial charge in [0.2, 0.25) is 11.8 Å². The van der Waals surface area contributed by atoms with Crippen LogP contribution in [-0.2, 0) is 26.2 Å². The molecule has 1 N–H and O–H groups in total. The zero-order chi connectivity index (χ0) is 33.6. The fourth-order valence-electron chi connectivity index (χ4n) is 5.39. The van der Waals surface area contributed by atoms with Gasteiger partial charge in [0.25, 0.3) is 15.7 Å². The second-order valence-electron chi connectivity index (χ2n) is 11.1. The van der Waals surface area contributed by atoms with Crippen molar-refractivity contribution in [1.82, 2.24) is 10.2 Å². The molecule has 4 rings (SSSR count). The number of carbonyl (C=O) groups excluding carboxylic acids is 2. The number of halogens is 1. The Labute approximate surface area is 273 Å². The highest BCUT2D eigenvalue weighted by atomic mass is 35.5. The van der Waals surface area contributed by atoms with E-state index < -0.39 is 44.0 Å². The van der Waals surface area contributed by atoms with Gasteiger partial charge in [0.05, 0.1) is 29.7 Å². The Bertz CT molecular complexity index is 1710. The second-order valence-corrected chi connectivity index (χ2v) is 13.4. The minimum atomic E-state index is -4.63. The van der Waals surface area contributed by atoms with Gasteiger partial charge in [0.1, 0.15) is 24.1 Å². The van der Waals surface area contributed by atoms with Crippen LogP contribution in [0.3, 0.4) is 0 Å². The summed E-state index contributed by atoms with van der Waals surface area (Å²) < 4.78 is 40.1. The first kappa shape index (κ1) is 34.5. The predicted molar refractivity (Wildman–Crippen MR) is 174 cm³/mol. The predicted octanol–water partition coefficient (Wildman–Crippen LogP) is 5.25. The molecule has 1 fully saturated rings. The second kappa shape index (κ2) is 14.8. The van der Waals surface area contributed by atoms with Crippen LogP contribution in [0.5, 0.6) is 11.5 Å². The van der Waals surface area contributed by atoms with Crippen molar-refractivity contribution in [1.29, 1.82) is 0 Å². The summed E-state index contributed by atoms with van der Waals surface area (Å²) in [5.41, 5.74) is 0.453. The number of anilines is 1. The van der Waals surface area contributed by atoms with E-state index in [-0.39, 0.29) is 40.5 Å². The van der Waals surface area contributed by atoms with Crippen molar-refractivity contribution in [3.05, 3.63) is 86.9 Å². The average molecular weight is 673 g/mol. The molecule has 3 aromatic carbocycles. The number of nitrogens with one attached hydrogen (secondary N) is 1. The highest BCUT2D eigenvalue weighted by Gasteiger charge is 2.35. The molecule has 0 bridgehead atoms. The zero-order valence-electron chi connectivity index (χ0n) is 26.1. The Morgan fingerprint density at radius 3 is 2.43 bits per heavy atom. The van der Waals surface area contributed by atoms with Gasteiger partial charge in [-0.05, 0) is 68.7 Å². The molecule has 246 valence electrons. The van der Waals surface area contributed by atoms with Crippen LogP contribution in [0.2, 0.25) is 5.02 Å². The Morgan fingerprint density at radius 1 is 1.07 bits per heavy atom. The van der Waals surface area contributed by atoms with Gasteiger partial charge in [-0.3, -0.25) is 24.0 Å². The van der Waals surface area contributed by atoms with E-state index in [9.17, 15) is 28.1 Å². The van der Waals surface area contributed by atoms with E-state index >= 15 is 0 Å². The molecule has 1 aliphatic carbocycles. The molecule has 0 heterocycles. The lowest BCUT2D eigenvalue weighted by Gasteiger charge is -2.33. The van der Waals surface area contributed by atoms with Gasteiger partial charge < -0.3 is 19.7 Å². The number of hydrogen-bond donors (Lipinski definition) is 1. The van der Waals surface area contributed by atoms with E-state index in [1.807, 2.05) is 0 Å². The number of benzene rings is 3. The maximum atomic E-state index is 14.3. The van der Waals surface area contributed by atoms with Gasteiger partial charge in [-0.2, -0.15) is 0 Å². The van der Waals surface area contributed by atoms with Crippen LogP contribution < -0.4 is 19.1 Å². The molecule has 46 heavy (non-hydrogen) atoms. The number of carbonyl (C=O) groups is 2. The highest BCUT2D eigenvalue weighted by molar-refractivity contribution is 7.92. The first-order chi connectivity index (χ1) is 21.8. The summed E-state index contributed by atoms with van der Waals surface area (Å²) in [6.07, 6.45) is 3.67. The maximum Gasteiger partial charge on any atom is 0.273 e. The van der Waals surface area contributed by atoms with Crippen LogP contribution >= 0.6 is 11.6 Å². The molecule has 1 atom stereocenters. The van der Waals surface area contributed by atoms with Gasteiger partial charge in [-0.15, -0.1) is 0 Å². The first-order valence-corrected chi connectivity index (χ1v) is 16.5. The third-order valence-corrected chi connectivity index (χ3v) is 10.0. The van der Waals surface area contributed by atoms with Gasteiger partial charge >= 0.3 is 0 Å². The van der Waals surface area contributed by atoms with Crippen LogP contribution in [0, 0.1) is 17.0 Å². The lowest BCUT2D eigenvalue weighted by molar-refractivity contribution is -0.385. The SMILES string of the molecule is COc1cccc(CN(C(=O)CN(c2cc(Cl)ccc2OC)S(=O)(=O)c2ccc(C)c([N+](=O)[O-])c2)[C@H](C)C(=O)NC2CCCC2)c1. The average Bonchev–Trinajstić information content (AvgIpc) is 3.55. The third kappa shape index (κ3) is 7.88. The molecule has 0 aromatic heterocycles. The molecular formula is C32H37ClN4O8S. The van der Waals surface area contributed by atoms with E-state index in [1.165, 1.54) is 56.4 Å². The molecule has 2 amide bonds. The normalized spacial score (nSPS) is 13.9. The molecule has 1 aliphatic rings. The third-order valence-electron chi connectivity index (χ3n) is 8.01. The van der Waals surface area contributed by atoms with Crippen molar-refractivity contribution in [2.45, 2.75) is 63.1 Å². The molecule has 12 nitrogen and oxygen atoms in total. The summed E-state index contributed by atoms with van der Waals surface area (Å²) in [6, 6.07) is 13.8. The molecule has 1 saturated carbocycles. The largest absolute Gasteiger partial charge is 0.497 e. The fourth-order valence-corrected chi connectivity index (χ4v) is 6.99. The number of ether oxygens (including phenoxy) is 2. The smallest absolute Gasteiger partial charge is 0.273 e. The van der Waals surface area contributed by atoms with E-state index in [0.717, 1.165) is 36.1 Å². The van der Waals surface area contributed by atoms with Crippen molar-refractivity contribution >= 4 is 44.8 Å². The number of methoxy groups -OCH3 is 2. The molecule has 3 aromatic rings. The van der Waals surface area contributed by atoms with Crippen molar-refractivity contribution in [2.75, 3.05) is 25.1 Å². The van der Waals surface area contributed by atoms with Crippen molar-refractivity contribution in [3.63, 3.8) is 0 Å². The van der Waals surface area contributed by atoms with E-state index in [1.54, 1.807) is 31.2 Å². The number of aryl methyl sites for hydroxylation is 1. The Hall–Kier alpha value is -4.36. The number of nitrogens with zero attached hydrogens (tertiary/aromatic N) is 3. The standard InChI is InChI=1S/C32H37ClN4O8S/c1-21-12-14-27(18-28(21)37(40)41)46(42,43)36(29-17-24(33)13-15-30(29)45-4)20-31(38)35(19-23-8-7-11-26(16-23)44-3)22(2)32(39)34-25-9-5-6-10-25/h7-8,11-18,22,25H,5-6,9-10,19-20H2,1-4H3,(H,34,39)/t22-/m1/s1. The number of nitro groups is 1. The summed E-state index contributed by atoms with van der Waals surface area (Å²) in [5, 5.41) is 14.9. The molecule has 0 spiro atoms. The summed E-state index contributed by atoms with van der Waals surface area (Å²) >= 11 is 6.28. The summed E-state index contributed by atoms with van der Waals surface area (Å²) in [4.78, 5) is 39.6. The minimum absolute atomic E-state index is 0.00588. The lowest BCUT2D eigenvalue weighted by atomic mass is 10.1. The van der Waals surface area contributed by atoms with Crippen LogP contribution in [0.25, 0.3) is 0 Å². The van der Waals surface area contributed by atoms with Crippen molar-refractivity contribution < 1.29 is 32.4 Å². The van der Waals surface area contributed by atoms with Crippen molar-refractivity contribution in [3.8, 4) is 11.5 Å². The van der Waals surface area contributed by atoms with Crippen LogP contribution in [-0.4, -0.2) is 62.9 Å². The number of rotatable bonds is 13. The highest BCUT2D eigenvalue weighted by Crippen LogP contribution is 2.36. The van der Waals surface area contributed by atoms with Crippen LogP contribution in [0.4, 0.5) is 11.4 Å². The molecular weight excluding hydrogens is 636 g/mol. The van der Waals surface area contributed by atoms with E-state index in [0.29, 0.717) is 11.3 Å². The lowest BCUT2D eigenvalue weighted by Crippen LogP contribution is -2.52. The fraction of sp³-hybridized carbons (Fsp3) is 0.375.